The summed E-state index contributed by atoms with van der Waals surface area (Å²) in [6, 6.07) is 7.25. The highest BCUT2D eigenvalue weighted by Gasteiger charge is 2.49. The zero-order valence-electron chi connectivity index (χ0n) is 19.9. The van der Waals surface area contributed by atoms with E-state index >= 15 is 0 Å². The lowest BCUT2D eigenvalue weighted by Crippen LogP contribution is -2.45. The number of fused-ring (bicyclic) bond motifs is 1. The van der Waals surface area contributed by atoms with Gasteiger partial charge in [-0.05, 0) is 57.0 Å². The second-order valence-corrected chi connectivity index (χ2v) is 9.54. The molecule has 35 heavy (non-hydrogen) atoms. The SMILES string of the molecule is COc1cc([C@H](O)CN2CCC3(CC2)CCN(c2ccc4c(c2C)COC4=O)C3=O)ncc1C#N. The van der Waals surface area contributed by atoms with Crippen molar-refractivity contribution in [3.8, 4) is 11.8 Å². The molecule has 2 saturated heterocycles. The van der Waals surface area contributed by atoms with Gasteiger partial charge < -0.3 is 24.4 Å². The van der Waals surface area contributed by atoms with Gasteiger partial charge in [0.25, 0.3) is 0 Å². The summed E-state index contributed by atoms with van der Waals surface area (Å²) in [5.74, 6) is 0.233. The van der Waals surface area contributed by atoms with E-state index in [-0.39, 0.29) is 18.5 Å². The van der Waals surface area contributed by atoms with Gasteiger partial charge >= 0.3 is 5.97 Å². The Morgan fingerprint density at radius 3 is 2.71 bits per heavy atom. The highest BCUT2D eigenvalue weighted by Crippen LogP contribution is 2.44. The molecular weight excluding hydrogens is 448 g/mol. The van der Waals surface area contributed by atoms with Crippen LogP contribution < -0.4 is 9.64 Å². The molecule has 0 radical (unpaired) electrons. The third kappa shape index (κ3) is 3.93. The number of β-amino-alcohol motifs (C(OH)–C–C–N with tert-alkyl or cyclic N) is 1. The first-order valence-corrected chi connectivity index (χ1v) is 11.8. The van der Waals surface area contributed by atoms with Crippen LogP contribution in [-0.4, -0.2) is 60.2 Å². The van der Waals surface area contributed by atoms with E-state index in [1.54, 1.807) is 12.1 Å². The van der Waals surface area contributed by atoms with Crippen LogP contribution in [0.1, 0.15) is 58.1 Å². The van der Waals surface area contributed by atoms with Gasteiger partial charge in [-0.2, -0.15) is 5.26 Å². The molecule has 1 aromatic carbocycles. The highest BCUT2D eigenvalue weighted by molar-refractivity contribution is 6.02. The highest BCUT2D eigenvalue weighted by atomic mass is 16.5. The number of carbonyl (C=O) groups excluding carboxylic acids is 2. The minimum Gasteiger partial charge on any atom is -0.495 e. The number of piperidine rings is 1. The standard InChI is InChI=1S/C26H28N4O5/c1-16-19-15-35-24(32)18(19)3-4-21(16)30-10-7-26(25(30)33)5-8-29(9-6-26)14-22(31)20-11-23(34-2)17(12-27)13-28-20/h3-4,11,13,22,31H,5-10,14-15H2,1-2H3/t22-/m1/s1. The molecule has 1 aromatic heterocycles. The monoisotopic (exact) mass is 476 g/mol. The minimum atomic E-state index is -0.819. The predicted octanol–water partition coefficient (Wildman–Crippen LogP) is 2.49. The van der Waals surface area contributed by atoms with Gasteiger partial charge in [0.1, 0.15) is 30.1 Å². The fourth-order valence-electron chi connectivity index (χ4n) is 5.53. The third-order valence-electron chi connectivity index (χ3n) is 7.75. The van der Waals surface area contributed by atoms with Crippen molar-refractivity contribution in [3.63, 3.8) is 0 Å². The van der Waals surface area contributed by atoms with Gasteiger partial charge in [-0.3, -0.25) is 9.78 Å². The Morgan fingerprint density at radius 2 is 2.00 bits per heavy atom. The molecular formula is C26H28N4O5. The number of benzene rings is 1. The van der Waals surface area contributed by atoms with Gasteiger partial charge in [-0.25, -0.2) is 4.79 Å². The molecule has 1 amide bonds. The molecule has 9 heteroatoms. The zero-order valence-corrected chi connectivity index (χ0v) is 19.9. The summed E-state index contributed by atoms with van der Waals surface area (Å²) in [5.41, 5.74) is 3.65. The molecule has 2 aromatic rings. The number of rotatable bonds is 5. The van der Waals surface area contributed by atoms with Crippen molar-refractivity contribution < 1.29 is 24.2 Å². The van der Waals surface area contributed by atoms with Gasteiger partial charge in [-0.1, -0.05) is 0 Å². The Bertz CT molecular complexity index is 1230. The summed E-state index contributed by atoms with van der Waals surface area (Å²) < 4.78 is 10.4. The molecule has 1 atom stereocenters. The molecule has 3 aliphatic heterocycles. The maximum atomic E-state index is 13.6. The first-order chi connectivity index (χ1) is 16.9. The average Bonchev–Trinajstić information content (AvgIpc) is 3.41. The second-order valence-electron chi connectivity index (χ2n) is 9.54. The maximum absolute atomic E-state index is 13.6. The average molecular weight is 477 g/mol. The van der Waals surface area contributed by atoms with E-state index in [2.05, 4.69) is 9.88 Å². The van der Waals surface area contributed by atoms with Gasteiger partial charge in [0.15, 0.2) is 0 Å². The van der Waals surface area contributed by atoms with Crippen LogP contribution in [0.15, 0.2) is 24.4 Å². The van der Waals surface area contributed by atoms with Gasteiger partial charge in [-0.15, -0.1) is 0 Å². The third-order valence-corrected chi connectivity index (χ3v) is 7.75. The van der Waals surface area contributed by atoms with Crippen LogP contribution in [0.25, 0.3) is 0 Å². The van der Waals surface area contributed by atoms with E-state index in [4.69, 9.17) is 14.7 Å². The summed E-state index contributed by atoms with van der Waals surface area (Å²) in [4.78, 5) is 33.7. The number of nitrogens with zero attached hydrogens (tertiary/aromatic N) is 4. The summed E-state index contributed by atoms with van der Waals surface area (Å²) in [6.45, 7) is 4.67. The molecule has 182 valence electrons. The Kier molecular flexibility index (Phi) is 5.95. The lowest BCUT2D eigenvalue weighted by molar-refractivity contribution is -0.128. The van der Waals surface area contributed by atoms with Crippen LogP contribution in [0.2, 0.25) is 0 Å². The van der Waals surface area contributed by atoms with E-state index in [0.29, 0.717) is 48.7 Å². The molecule has 1 N–H and O–H groups in total. The molecule has 0 aliphatic carbocycles. The Hall–Kier alpha value is -3.48. The predicted molar refractivity (Wildman–Crippen MR) is 126 cm³/mol. The number of anilines is 1. The van der Waals surface area contributed by atoms with E-state index < -0.39 is 11.5 Å². The molecule has 2 fully saturated rings. The first kappa shape index (κ1) is 23.3. The van der Waals surface area contributed by atoms with Crippen molar-refractivity contribution >= 4 is 17.6 Å². The Labute approximate surface area is 203 Å². The van der Waals surface area contributed by atoms with Crippen molar-refractivity contribution in [2.75, 3.05) is 38.2 Å². The fraction of sp³-hybridized carbons (Fsp3) is 0.462. The maximum Gasteiger partial charge on any atom is 0.338 e. The molecule has 0 bridgehead atoms. The number of nitriles is 1. The number of aliphatic hydroxyl groups excluding tert-OH is 1. The molecule has 0 saturated carbocycles. The minimum absolute atomic E-state index is 0.143. The number of cyclic esters (lactones) is 1. The van der Waals surface area contributed by atoms with Gasteiger partial charge in [0, 0.05) is 36.6 Å². The first-order valence-electron chi connectivity index (χ1n) is 11.8. The topological polar surface area (TPSA) is 116 Å². The largest absolute Gasteiger partial charge is 0.495 e. The van der Waals surface area contributed by atoms with E-state index in [9.17, 15) is 14.7 Å². The second kappa shape index (κ2) is 8.95. The fourth-order valence-corrected chi connectivity index (χ4v) is 5.53. The summed E-state index contributed by atoms with van der Waals surface area (Å²) in [5, 5.41) is 19.9. The van der Waals surface area contributed by atoms with Gasteiger partial charge in [0.2, 0.25) is 5.91 Å². The summed E-state index contributed by atoms with van der Waals surface area (Å²) in [7, 11) is 1.48. The quantitative estimate of drug-likeness (QED) is 0.655. The number of pyridine rings is 1. The van der Waals surface area contributed by atoms with Gasteiger partial charge in [0.05, 0.1) is 23.8 Å². The van der Waals surface area contributed by atoms with E-state index in [1.165, 1.54) is 13.3 Å². The Morgan fingerprint density at radius 1 is 1.26 bits per heavy atom. The number of likely N-dealkylation sites (tertiary alicyclic amines) is 1. The van der Waals surface area contributed by atoms with Crippen LogP contribution in [0.5, 0.6) is 5.75 Å². The molecule has 1 spiro atoms. The number of ether oxygens (including phenoxy) is 2. The normalized spacial score (nSPS) is 20.0. The number of aliphatic hydroxyl groups is 1. The van der Waals surface area contributed by atoms with Crippen molar-refractivity contribution in [2.45, 2.75) is 38.9 Å². The van der Waals surface area contributed by atoms with Crippen molar-refractivity contribution in [2.24, 2.45) is 5.41 Å². The number of esters is 1. The van der Waals surface area contributed by atoms with E-state index in [0.717, 1.165) is 36.1 Å². The number of methoxy groups -OCH3 is 1. The number of hydrogen-bond acceptors (Lipinski definition) is 8. The van der Waals surface area contributed by atoms with Crippen LogP contribution in [0.3, 0.4) is 0 Å². The smallest absolute Gasteiger partial charge is 0.338 e. The summed E-state index contributed by atoms with van der Waals surface area (Å²) in [6.07, 6.45) is 2.84. The van der Waals surface area contributed by atoms with Crippen molar-refractivity contribution in [3.05, 3.63) is 52.3 Å². The van der Waals surface area contributed by atoms with Crippen LogP contribution in [-0.2, 0) is 16.1 Å². The number of carbonyl (C=O) groups is 2. The van der Waals surface area contributed by atoms with Crippen molar-refractivity contribution in [1.29, 1.82) is 5.26 Å². The number of amides is 1. The number of aromatic nitrogens is 1. The van der Waals surface area contributed by atoms with Crippen LogP contribution >= 0.6 is 0 Å². The summed E-state index contributed by atoms with van der Waals surface area (Å²) >= 11 is 0. The molecule has 0 unspecified atom stereocenters. The Balaban J connectivity index is 1.24. The molecule has 4 heterocycles. The molecule has 9 nitrogen and oxygen atoms in total. The van der Waals surface area contributed by atoms with Crippen LogP contribution in [0.4, 0.5) is 5.69 Å². The molecule has 5 rings (SSSR count). The zero-order chi connectivity index (χ0) is 24.7. The lowest BCUT2D eigenvalue weighted by atomic mass is 9.77. The lowest BCUT2D eigenvalue weighted by Gasteiger charge is -2.38. The molecule has 3 aliphatic rings. The van der Waals surface area contributed by atoms with E-state index in [1.807, 2.05) is 24.0 Å². The van der Waals surface area contributed by atoms with Crippen LogP contribution in [0, 0.1) is 23.7 Å². The number of hydrogen-bond donors (Lipinski definition) is 1. The van der Waals surface area contributed by atoms with Crippen molar-refractivity contribution in [1.82, 2.24) is 9.88 Å².